The van der Waals surface area contributed by atoms with Crippen LogP contribution in [0.25, 0.3) is 0 Å². The Hall–Kier alpha value is -0.880. The van der Waals surface area contributed by atoms with Crippen molar-refractivity contribution in [2.24, 2.45) is 0 Å². The van der Waals surface area contributed by atoms with Gasteiger partial charge in [-0.05, 0) is 28.1 Å². The molecule has 1 aromatic rings. The molecule has 1 rings (SSSR count). The second kappa shape index (κ2) is 5.45. The molecule has 4 nitrogen and oxygen atoms in total. The third kappa shape index (κ3) is 3.61. The lowest BCUT2D eigenvalue weighted by atomic mass is 10.2. The van der Waals surface area contributed by atoms with E-state index in [4.69, 9.17) is 0 Å². The van der Waals surface area contributed by atoms with Crippen LogP contribution < -0.4 is 10.6 Å². The summed E-state index contributed by atoms with van der Waals surface area (Å²) in [6.07, 6.45) is 0. The Morgan fingerprint density at radius 1 is 1.06 bits per heavy atom. The summed E-state index contributed by atoms with van der Waals surface area (Å²) < 4.78 is 1.50. The van der Waals surface area contributed by atoms with Crippen LogP contribution in [-0.2, 0) is 9.59 Å². The van der Waals surface area contributed by atoms with Crippen molar-refractivity contribution in [3.8, 4) is 0 Å². The quantitative estimate of drug-likeness (QED) is 0.861. The molecule has 0 saturated heterocycles. The number of hydrogen-bond acceptors (Lipinski definition) is 2. The second-order valence-electron chi connectivity index (χ2n) is 3.17. The molecule has 0 aromatic heterocycles. The molecule has 16 heavy (non-hydrogen) atoms. The molecule has 0 radical (unpaired) electrons. The second-order valence-corrected chi connectivity index (χ2v) is 4.94. The highest BCUT2D eigenvalue weighted by molar-refractivity contribution is 9.11. The van der Waals surface area contributed by atoms with Crippen LogP contribution in [0.4, 0.5) is 11.4 Å². The van der Waals surface area contributed by atoms with E-state index in [0.717, 1.165) is 4.47 Å². The van der Waals surface area contributed by atoms with Gasteiger partial charge < -0.3 is 10.6 Å². The maximum Gasteiger partial charge on any atom is 0.221 e. The summed E-state index contributed by atoms with van der Waals surface area (Å²) in [7, 11) is 0. The zero-order chi connectivity index (χ0) is 12.3. The summed E-state index contributed by atoms with van der Waals surface area (Å²) >= 11 is 6.63. The average Bonchev–Trinajstić information content (AvgIpc) is 2.09. The Kier molecular flexibility index (Phi) is 4.49. The number of rotatable bonds is 2. The lowest BCUT2D eigenvalue weighted by Gasteiger charge is -2.13. The van der Waals surface area contributed by atoms with Gasteiger partial charge in [-0.15, -0.1) is 0 Å². The Labute approximate surface area is 110 Å². The largest absolute Gasteiger partial charge is 0.324 e. The van der Waals surface area contributed by atoms with Gasteiger partial charge in [-0.25, -0.2) is 0 Å². The van der Waals surface area contributed by atoms with Crippen molar-refractivity contribution in [3.05, 3.63) is 21.1 Å². The summed E-state index contributed by atoms with van der Waals surface area (Å²) in [6.45, 7) is 2.82. The summed E-state index contributed by atoms with van der Waals surface area (Å²) in [4.78, 5) is 22.1. The highest BCUT2D eigenvalue weighted by atomic mass is 79.9. The first kappa shape index (κ1) is 13.2. The summed E-state index contributed by atoms with van der Waals surface area (Å²) in [6, 6.07) is 3.51. The molecular formula is C10H10Br2N2O2. The summed E-state index contributed by atoms with van der Waals surface area (Å²) in [5, 5.41) is 5.30. The van der Waals surface area contributed by atoms with Gasteiger partial charge in [0.05, 0.1) is 11.4 Å². The zero-order valence-electron chi connectivity index (χ0n) is 8.73. The molecule has 1 aromatic carbocycles. The topological polar surface area (TPSA) is 58.2 Å². The van der Waals surface area contributed by atoms with Crippen LogP contribution in [-0.4, -0.2) is 11.8 Å². The van der Waals surface area contributed by atoms with Crippen LogP contribution in [0.3, 0.4) is 0 Å². The predicted octanol–water partition coefficient (Wildman–Crippen LogP) is 3.13. The molecule has 0 bridgehead atoms. The molecule has 0 unspecified atom stereocenters. The first-order valence-corrected chi connectivity index (χ1v) is 6.03. The Morgan fingerprint density at radius 2 is 1.62 bits per heavy atom. The number of anilines is 2. The third-order valence-electron chi connectivity index (χ3n) is 1.67. The number of carbonyl (C=O) groups is 2. The fraction of sp³-hybridized carbons (Fsp3) is 0.200. The van der Waals surface area contributed by atoms with E-state index in [2.05, 4.69) is 42.5 Å². The van der Waals surface area contributed by atoms with E-state index in [0.29, 0.717) is 15.8 Å². The molecule has 2 N–H and O–H groups in total. The van der Waals surface area contributed by atoms with Crippen LogP contribution in [0.15, 0.2) is 21.1 Å². The van der Waals surface area contributed by atoms with Gasteiger partial charge in [0, 0.05) is 22.8 Å². The zero-order valence-corrected chi connectivity index (χ0v) is 11.9. The minimum Gasteiger partial charge on any atom is -0.324 e. The number of hydrogen-bond donors (Lipinski definition) is 2. The third-order valence-corrected chi connectivity index (χ3v) is 2.75. The van der Waals surface area contributed by atoms with Crippen molar-refractivity contribution in [2.75, 3.05) is 10.6 Å². The highest BCUT2D eigenvalue weighted by Gasteiger charge is 2.10. The van der Waals surface area contributed by atoms with Gasteiger partial charge in [0.1, 0.15) is 0 Å². The van der Waals surface area contributed by atoms with Gasteiger partial charge in [-0.3, -0.25) is 9.59 Å². The van der Waals surface area contributed by atoms with Gasteiger partial charge in [-0.1, -0.05) is 15.9 Å². The fourth-order valence-electron chi connectivity index (χ4n) is 1.16. The van der Waals surface area contributed by atoms with Crippen LogP contribution >= 0.6 is 31.9 Å². The molecular weight excluding hydrogens is 340 g/mol. The van der Waals surface area contributed by atoms with E-state index in [9.17, 15) is 9.59 Å². The van der Waals surface area contributed by atoms with Gasteiger partial charge in [0.25, 0.3) is 0 Å². The monoisotopic (exact) mass is 348 g/mol. The summed E-state index contributed by atoms with van der Waals surface area (Å²) in [5.41, 5.74) is 1.09. The lowest BCUT2D eigenvalue weighted by molar-refractivity contribution is -0.115. The molecule has 0 aliphatic rings. The van der Waals surface area contributed by atoms with Gasteiger partial charge in [-0.2, -0.15) is 0 Å². The SMILES string of the molecule is CC(=O)Nc1cc(Br)cc(Br)c1NC(C)=O. The lowest BCUT2D eigenvalue weighted by Crippen LogP contribution is -2.12. The maximum absolute atomic E-state index is 11.0. The number of amides is 2. The van der Waals surface area contributed by atoms with E-state index in [1.807, 2.05) is 0 Å². The predicted molar refractivity (Wildman–Crippen MR) is 70.4 cm³/mol. The standard InChI is InChI=1S/C10H10Br2N2O2/c1-5(15)13-9-4-7(11)3-8(12)10(9)14-6(2)16/h3-4H,1-2H3,(H,13,15)(H,14,16). The van der Waals surface area contributed by atoms with Crippen molar-refractivity contribution in [1.82, 2.24) is 0 Å². The van der Waals surface area contributed by atoms with E-state index in [1.165, 1.54) is 13.8 Å². The Morgan fingerprint density at radius 3 is 2.12 bits per heavy atom. The molecule has 2 amide bonds. The molecule has 0 aliphatic heterocycles. The van der Waals surface area contributed by atoms with E-state index in [1.54, 1.807) is 12.1 Å². The molecule has 0 heterocycles. The van der Waals surface area contributed by atoms with E-state index >= 15 is 0 Å². The van der Waals surface area contributed by atoms with E-state index < -0.39 is 0 Å². The molecule has 6 heteroatoms. The average molecular weight is 350 g/mol. The molecule has 0 saturated carbocycles. The Balaban J connectivity index is 3.20. The van der Waals surface area contributed by atoms with Crippen molar-refractivity contribution in [2.45, 2.75) is 13.8 Å². The minimum atomic E-state index is -0.199. The minimum absolute atomic E-state index is 0.198. The van der Waals surface area contributed by atoms with Crippen LogP contribution in [0.2, 0.25) is 0 Å². The number of carbonyl (C=O) groups excluding carboxylic acids is 2. The molecule has 0 fully saturated rings. The first-order valence-electron chi connectivity index (χ1n) is 4.44. The van der Waals surface area contributed by atoms with Gasteiger partial charge in [0.15, 0.2) is 0 Å². The van der Waals surface area contributed by atoms with Crippen LogP contribution in [0.1, 0.15) is 13.8 Å². The number of nitrogens with one attached hydrogen (secondary N) is 2. The molecule has 0 atom stereocenters. The first-order chi connectivity index (χ1) is 7.40. The van der Waals surface area contributed by atoms with Gasteiger partial charge in [0.2, 0.25) is 11.8 Å². The van der Waals surface area contributed by atoms with Crippen molar-refractivity contribution >= 4 is 55.0 Å². The van der Waals surface area contributed by atoms with Crippen LogP contribution in [0.5, 0.6) is 0 Å². The molecule has 0 aliphatic carbocycles. The van der Waals surface area contributed by atoms with Crippen molar-refractivity contribution in [1.29, 1.82) is 0 Å². The number of benzene rings is 1. The molecule has 86 valence electrons. The van der Waals surface area contributed by atoms with Crippen LogP contribution in [0, 0.1) is 0 Å². The number of halogens is 2. The fourth-order valence-corrected chi connectivity index (χ4v) is 2.49. The van der Waals surface area contributed by atoms with E-state index in [-0.39, 0.29) is 11.8 Å². The normalized spacial score (nSPS) is 9.75. The summed E-state index contributed by atoms with van der Waals surface area (Å²) in [5.74, 6) is -0.397. The highest BCUT2D eigenvalue weighted by Crippen LogP contribution is 2.34. The van der Waals surface area contributed by atoms with Gasteiger partial charge >= 0.3 is 0 Å². The van der Waals surface area contributed by atoms with Crippen molar-refractivity contribution in [3.63, 3.8) is 0 Å². The molecule has 0 spiro atoms. The maximum atomic E-state index is 11.0. The van der Waals surface area contributed by atoms with Crippen molar-refractivity contribution < 1.29 is 9.59 Å². The Bertz CT molecular complexity index is 447. The smallest absolute Gasteiger partial charge is 0.221 e.